The number of alkyl halides is 3. The molecule has 1 fully saturated rings. The quantitative estimate of drug-likeness (QED) is 0.467. The summed E-state index contributed by atoms with van der Waals surface area (Å²) in [6, 6.07) is 5.67. The van der Waals surface area contributed by atoms with E-state index in [0.717, 1.165) is 12.8 Å². The molecule has 37 heavy (non-hydrogen) atoms. The number of hydrogen-bond donors (Lipinski definition) is 3. The Bertz CT molecular complexity index is 1230. The zero-order valence-electron chi connectivity index (χ0n) is 20.1. The summed E-state index contributed by atoms with van der Waals surface area (Å²) in [7, 11) is -1.29. The fraction of sp³-hybridized carbons (Fsp3) is 0.409. The van der Waals surface area contributed by atoms with Gasteiger partial charge in [-0.1, -0.05) is 6.92 Å². The molecule has 0 amide bonds. The highest BCUT2D eigenvalue weighted by Gasteiger charge is 2.38. The van der Waals surface area contributed by atoms with Crippen LogP contribution in [-0.2, 0) is 14.8 Å². The number of aromatic carboxylic acids is 1. The molecule has 1 aromatic carbocycles. The third-order valence-electron chi connectivity index (χ3n) is 5.34. The highest BCUT2D eigenvalue weighted by atomic mass is 32.2. The van der Waals surface area contributed by atoms with Gasteiger partial charge in [0.15, 0.2) is 0 Å². The van der Waals surface area contributed by atoms with Gasteiger partial charge in [-0.05, 0) is 37.0 Å². The summed E-state index contributed by atoms with van der Waals surface area (Å²) >= 11 is 0. The van der Waals surface area contributed by atoms with Crippen LogP contribution in [0.3, 0.4) is 0 Å². The number of ether oxygens (including phenoxy) is 2. The Balaban J connectivity index is 0.000000604. The van der Waals surface area contributed by atoms with Gasteiger partial charge in [-0.3, -0.25) is 4.72 Å². The summed E-state index contributed by atoms with van der Waals surface area (Å²) < 4.78 is 70.2. The summed E-state index contributed by atoms with van der Waals surface area (Å²) in [4.78, 5) is 26.8. The van der Waals surface area contributed by atoms with Crippen LogP contribution in [0.4, 0.5) is 24.7 Å². The van der Waals surface area contributed by atoms with Gasteiger partial charge in [0, 0.05) is 19.2 Å². The van der Waals surface area contributed by atoms with E-state index in [4.69, 9.17) is 19.4 Å². The number of anilines is 2. The minimum Gasteiger partial charge on any atom is -0.497 e. The lowest BCUT2D eigenvalue weighted by Crippen LogP contribution is -2.34. The van der Waals surface area contributed by atoms with Crippen LogP contribution >= 0.6 is 0 Å². The summed E-state index contributed by atoms with van der Waals surface area (Å²) in [5.41, 5.74) is -0.00578. The number of benzene rings is 1. The van der Waals surface area contributed by atoms with Crippen molar-refractivity contribution in [1.82, 2.24) is 4.98 Å². The topological polar surface area (TPSA) is 155 Å². The van der Waals surface area contributed by atoms with E-state index in [1.54, 1.807) is 6.07 Å². The number of methoxy groups -OCH3 is 2. The molecule has 1 aliphatic rings. The predicted molar refractivity (Wildman–Crippen MR) is 126 cm³/mol. The molecule has 15 heteroatoms. The van der Waals surface area contributed by atoms with E-state index < -0.39 is 28.1 Å². The average Bonchev–Trinajstić information content (AvgIpc) is 2.83. The molecule has 3 rings (SSSR count). The van der Waals surface area contributed by atoms with Gasteiger partial charge in [-0.15, -0.1) is 0 Å². The molecule has 1 saturated heterocycles. The number of nitrogens with one attached hydrogen (secondary N) is 1. The second kappa shape index (κ2) is 12.0. The van der Waals surface area contributed by atoms with E-state index in [-0.39, 0.29) is 21.9 Å². The lowest BCUT2D eigenvalue weighted by Gasteiger charge is -2.32. The number of sulfonamides is 1. The van der Waals surface area contributed by atoms with Crippen molar-refractivity contribution in [3.05, 3.63) is 36.0 Å². The molecule has 0 spiro atoms. The van der Waals surface area contributed by atoms with Crippen molar-refractivity contribution in [2.45, 2.75) is 30.8 Å². The first kappa shape index (κ1) is 29.5. The normalized spacial score (nSPS) is 14.3. The van der Waals surface area contributed by atoms with Gasteiger partial charge in [0.05, 0.1) is 26.1 Å². The second-order valence-electron chi connectivity index (χ2n) is 8.00. The Labute approximate surface area is 210 Å². The maximum Gasteiger partial charge on any atom is 0.490 e. The number of halogens is 3. The van der Waals surface area contributed by atoms with Gasteiger partial charge >= 0.3 is 18.1 Å². The Hall–Kier alpha value is -3.75. The number of hydrogen-bond acceptors (Lipinski definition) is 8. The first-order valence-electron chi connectivity index (χ1n) is 10.7. The smallest absolute Gasteiger partial charge is 0.490 e. The van der Waals surface area contributed by atoms with E-state index >= 15 is 0 Å². The first-order valence-corrected chi connectivity index (χ1v) is 12.2. The lowest BCUT2D eigenvalue weighted by atomic mass is 9.99. The Morgan fingerprint density at radius 3 is 2.19 bits per heavy atom. The third-order valence-corrected chi connectivity index (χ3v) is 6.74. The van der Waals surface area contributed by atoms with Crippen LogP contribution in [0.2, 0.25) is 0 Å². The molecule has 2 aromatic rings. The molecule has 1 aromatic heterocycles. The second-order valence-corrected chi connectivity index (χ2v) is 9.65. The van der Waals surface area contributed by atoms with Gasteiger partial charge in [0.25, 0.3) is 10.0 Å². The monoisotopic (exact) mass is 549 g/mol. The largest absolute Gasteiger partial charge is 0.497 e. The number of aliphatic carboxylic acids is 1. The number of rotatable bonds is 7. The molecule has 0 atom stereocenters. The zero-order valence-corrected chi connectivity index (χ0v) is 20.9. The van der Waals surface area contributed by atoms with Crippen molar-refractivity contribution in [3.63, 3.8) is 0 Å². The number of carbonyl (C=O) groups is 2. The summed E-state index contributed by atoms with van der Waals surface area (Å²) in [5.74, 6) is -2.53. The minimum atomic E-state index is -5.08. The number of carboxylic acids is 2. The summed E-state index contributed by atoms with van der Waals surface area (Å²) in [6.45, 7) is 3.58. The van der Waals surface area contributed by atoms with Gasteiger partial charge in [0.2, 0.25) is 0 Å². The van der Waals surface area contributed by atoms with Crippen LogP contribution in [0.15, 0.2) is 35.4 Å². The number of pyridine rings is 1. The Morgan fingerprint density at radius 1 is 1.11 bits per heavy atom. The van der Waals surface area contributed by atoms with E-state index in [1.807, 2.05) is 4.90 Å². The van der Waals surface area contributed by atoms with Crippen molar-refractivity contribution < 1.29 is 50.9 Å². The van der Waals surface area contributed by atoms with Crippen LogP contribution in [0.5, 0.6) is 11.5 Å². The van der Waals surface area contributed by atoms with Crippen molar-refractivity contribution in [2.75, 3.05) is 36.9 Å². The zero-order chi connectivity index (χ0) is 28.0. The molecule has 0 saturated carbocycles. The van der Waals surface area contributed by atoms with E-state index in [2.05, 4.69) is 16.6 Å². The Morgan fingerprint density at radius 2 is 1.70 bits per heavy atom. The van der Waals surface area contributed by atoms with Crippen LogP contribution in [0.1, 0.15) is 30.1 Å². The van der Waals surface area contributed by atoms with Crippen molar-refractivity contribution >= 4 is 33.5 Å². The molecule has 2 heterocycles. The van der Waals surface area contributed by atoms with Crippen LogP contribution in [-0.4, -0.2) is 69.0 Å². The maximum absolute atomic E-state index is 12.9. The van der Waals surface area contributed by atoms with Crippen molar-refractivity contribution in [3.8, 4) is 11.5 Å². The molecule has 0 radical (unpaired) electrons. The third kappa shape index (κ3) is 7.87. The first-order chi connectivity index (χ1) is 17.2. The summed E-state index contributed by atoms with van der Waals surface area (Å²) in [5, 5.41) is 16.8. The predicted octanol–water partition coefficient (Wildman–Crippen LogP) is 3.47. The molecule has 1 aliphatic heterocycles. The number of piperidine rings is 1. The number of aromatic nitrogens is 1. The fourth-order valence-corrected chi connectivity index (χ4v) is 4.57. The number of nitrogens with zero attached hydrogens (tertiary/aromatic N) is 2. The van der Waals surface area contributed by atoms with E-state index in [0.29, 0.717) is 30.6 Å². The molecule has 0 bridgehead atoms. The van der Waals surface area contributed by atoms with Gasteiger partial charge in [0.1, 0.15) is 27.8 Å². The lowest BCUT2D eigenvalue weighted by molar-refractivity contribution is -0.192. The standard InChI is InChI=1S/C20H25N3O6S.C2HF3O2/c1-13-6-8-23(9-7-13)19-16(20(24)25)10-14(12-21-19)22-30(26,27)18-11-15(28-2)4-5-17(18)29-3;3-2(4,5)1(6)7/h4-5,10-13,22H,6-9H2,1-3H3,(H,24,25);(H,6,7). The van der Waals surface area contributed by atoms with Crippen molar-refractivity contribution in [1.29, 1.82) is 0 Å². The average molecular weight is 550 g/mol. The number of carboxylic acid groups (broad SMARTS) is 2. The fourth-order valence-electron chi connectivity index (χ4n) is 3.35. The van der Waals surface area contributed by atoms with Gasteiger partial charge in [-0.2, -0.15) is 13.2 Å². The molecule has 0 unspecified atom stereocenters. The molecular weight excluding hydrogens is 523 g/mol. The van der Waals surface area contributed by atoms with Crippen molar-refractivity contribution in [2.24, 2.45) is 5.92 Å². The van der Waals surface area contributed by atoms with Gasteiger partial charge < -0.3 is 24.6 Å². The molecule has 3 N–H and O–H groups in total. The molecular formula is C22H26F3N3O8S. The molecule has 0 aliphatic carbocycles. The van der Waals surface area contributed by atoms with Gasteiger partial charge in [-0.25, -0.2) is 23.0 Å². The van der Waals surface area contributed by atoms with Crippen LogP contribution < -0.4 is 19.1 Å². The SMILES string of the molecule is COc1ccc(OC)c(S(=O)(=O)Nc2cnc(N3CCC(C)CC3)c(C(=O)O)c2)c1.O=C(O)C(F)(F)F. The molecule has 11 nitrogen and oxygen atoms in total. The molecule has 204 valence electrons. The Kier molecular flexibility index (Phi) is 9.55. The minimum absolute atomic E-state index is 0.0476. The maximum atomic E-state index is 12.9. The van der Waals surface area contributed by atoms with Crippen LogP contribution in [0, 0.1) is 5.92 Å². The highest BCUT2D eigenvalue weighted by molar-refractivity contribution is 7.92. The highest BCUT2D eigenvalue weighted by Crippen LogP contribution is 2.31. The van der Waals surface area contributed by atoms with E-state index in [9.17, 15) is 31.5 Å². The van der Waals surface area contributed by atoms with E-state index in [1.165, 1.54) is 38.6 Å². The summed E-state index contributed by atoms with van der Waals surface area (Å²) in [6.07, 6.45) is -1.86. The van der Waals surface area contributed by atoms with Crippen LogP contribution in [0.25, 0.3) is 0 Å².